The Hall–Kier alpha value is -18.4. The summed E-state index contributed by atoms with van der Waals surface area (Å²) in [6.45, 7) is 11.2. The molecule has 0 aliphatic heterocycles. The lowest BCUT2D eigenvalue weighted by atomic mass is 9.95. The molecule has 0 bridgehead atoms. The molecule has 0 saturated heterocycles. The van der Waals surface area contributed by atoms with E-state index in [9.17, 15) is 14.4 Å². The largest absolute Gasteiger partial charge is 0.345 e. The molecule has 0 atom stereocenters. The summed E-state index contributed by atoms with van der Waals surface area (Å²) in [6.07, 6.45) is 1.10. The van der Waals surface area contributed by atoms with Crippen molar-refractivity contribution in [1.82, 2.24) is 9.13 Å². The van der Waals surface area contributed by atoms with E-state index in [1.54, 1.807) is 20.8 Å². The number of fused-ring (bicyclic) bond motifs is 9. The lowest BCUT2D eigenvalue weighted by Gasteiger charge is -2.21. The van der Waals surface area contributed by atoms with Crippen molar-refractivity contribution in [2.75, 3.05) is 35.8 Å². The Morgan fingerprint density at radius 2 is 0.449 bits per heavy atom. The number of Topliss-reactive ketones (excluding diaryl/α,β-unsaturated/α-hetero) is 3. The van der Waals surface area contributed by atoms with E-state index in [1.165, 1.54) is 128 Å². The van der Waals surface area contributed by atoms with Gasteiger partial charge in [-0.25, -0.2) is 0 Å². The molecule has 147 heavy (non-hydrogen) atoms. The van der Waals surface area contributed by atoms with Gasteiger partial charge in [0.05, 0.1) is 22.1 Å². The van der Waals surface area contributed by atoms with Crippen molar-refractivity contribution in [3.8, 4) is 89.3 Å². The number of benzene rings is 21. The minimum absolute atomic E-state index is 0.0879. The van der Waals surface area contributed by atoms with Crippen LogP contribution in [-0.4, -0.2) is 47.6 Å². The summed E-state index contributed by atoms with van der Waals surface area (Å²) in [5.74, 6) is 0.297. The van der Waals surface area contributed by atoms with Crippen molar-refractivity contribution in [1.29, 1.82) is 0 Å². The van der Waals surface area contributed by atoms with Gasteiger partial charge in [-0.3, -0.25) is 14.4 Å². The number of aryl methyl sites for hydroxylation is 3. The monoisotopic (exact) mass is 1900 g/mol. The summed E-state index contributed by atoms with van der Waals surface area (Å²) in [5.41, 5.74) is 39.9. The Morgan fingerprint density at radius 1 is 0.190 bits per heavy atom. The van der Waals surface area contributed by atoms with Gasteiger partial charge in [0.25, 0.3) is 0 Å². The quantitative estimate of drug-likeness (QED) is 0.0846. The van der Waals surface area contributed by atoms with E-state index in [0.29, 0.717) is 0 Å². The molecule has 8 heteroatoms. The zero-order chi connectivity index (χ0) is 101. The smallest absolute Gasteiger partial charge is 0.159 e. The molecular formula is C139H117N5O3. The maximum atomic E-state index is 11.8. The summed E-state index contributed by atoms with van der Waals surface area (Å²) >= 11 is 0. The first-order valence-electron chi connectivity index (χ1n) is 50.0. The fraction of sp³-hybridized carbons (Fsp3) is 0.0719. The summed E-state index contributed by atoms with van der Waals surface area (Å²) < 4.78 is 4.79. The summed E-state index contributed by atoms with van der Waals surface area (Å²) in [4.78, 5) is 40.9. The van der Waals surface area contributed by atoms with Gasteiger partial charge >= 0.3 is 0 Å². The van der Waals surface area contributed by atoms with Crippen LogP contribution in [0.2, 0.25) is 0 Å². The fourth-order valence-electron chi connectivity index (χ4n) is 18.9. The first-order chi connectivity index (χ1) is 71.9. The van der Waals surface area contributed by atoms with Gasteiger partial charge in [0.2, 0.25) is 0 Å². The van der Waals surface area contributed by atoms with E-state index in [4.69, 9.17) is 0 Å². The molecule has 23 aromatic rings. The predicted octanol–water partition coefficient (Wildman–Crippen LogP) is 36.4. The van der Waals surface area contributed by atoms with Crippen molar-refractivity contribution >= 4 is 95.1 Å². The lowest BCUT2D eigenvalue weighted by Crippen LogP contribution is -2.09. The Balaban J connectivity index is 0.000000124. The van der Waals surface area contributed by atoms with Gasteiger partial charge in [-0.05, 0) is 295 Å². The molecule has 0 N–H and O–H groups in total. The zero-order valence-corrected chi connectivity index (χ0v) is 84.5. The summed E-state index contributed by atoms with van der Waals surface area (Å²) in [6, 6.07) is 185. The number of carbonyl (C=O) groups is 3. The lowest BCUT2D eigenvalue weighted by molar-refractivity contribution is 0.100. The highest BCUT2D eigenvalue weighted by atomic mass is 16.1. The van der Waals surface area contributed by atoms with Crippen LogP contribution in [0.25, 0.3) is 133 Å². The molecule has 0 amide bonds. The van der Waals surface area contributed by atoms with Crippen LogP contribution in [0.4, 0.5) is 34.1 Å². The SMILES string of the molecule is CC(=O)c1cc(-c2ccccc2)cc(-c2ccccc2)c1.CC(=O)c1cc(-c2ccccc2)cc(-c2ccccc2)c1.CC(=O)c1ccccc1.CN(c1ccc(-n2c3ccccc3c3ccc(-c4ccccc4)cc32)cc1)c1ccc(-n2c3ccccc3c3ccc(-c4ccccc4)cc32)cc1.CN(c1ccccc1)c1ccccc1.Cc1ccc(N(C)c2ccc(C)cc2)cc1.Cc1ccc2c(c1)Cc1ccccc1-2. The van der Waals surface area contributed by atoms with Crippen molar-refractivity contribution in [2.45, 2.75) is 48.0 Å². The number of nitrogens with zero attached hydrogens (tertiary/aromatic N) is 5. The molecule has 0 unspecified atom stereocenters. The van der Waals surface area contributed by atoms with Crippen molar-refractivity contribution in [2.24, 2.45) is 0 Å². The normalized spacial score (nSPS) is 10.8. The molecule has 716 valence electrons. The number of hydrogen-bond donors (Lipinski definition) is 0. The fourth-order valence-corrected chi connectivity index (χ4v) is 18.9. The number of rotatable bonds is 17. The molecule has 1 aliphatic carbocycles. The maximum Gasteiger partial charge on any atom is 0.159 e. The highest BCUT2D eigenvalue weighted by molar-refractivity contribution is 6.12. The number of para-hydroxylation sites is 4. The third-order valence-electron chi connectivity index (χ3n) is 26.9. The Morgan fingerprint density at radius 3 is 0.776 bits per heavy atom. The van der Waals surface area contributed by atoms with Crippen LogP contribution in [-0.2, 0) is 6.42 Å². The second kappa shape index (κ2) is 47.0. The van der Waals surface area contributed by atoms with Crippen LogP contribution in [0, 0.1) is 20.8 Å². The number of hydrogen-bond acceptors (Lipinski definition) is 6. The number of ketones is 3. The molecule has 21 aromatic carbocycles. The van der Waals surface area contributed by atoms with Gasteiger partial charge < -0.3 is 23.8 Å². The van der Waals surface area contributed by atoms with Crippen molar-refractivity contribution in [3.63, 3.8) is 0 Å². The number of anilines is 6. The molecule has 1 aliphatic rings. The highest BCUT2D eigenvalue weighted by Crippen LogP contribution is 2.42. The average Bonchev–Trinajstić information content (AvgIpc) is 1.57. The van der Waals surface area contributed by atoms with E-state index in [-0.39, 0.29) is 17.3 Å². The first-order valence-corrected chi connectivity index (χ1v) is 50.0. The minimum atomic E-state index is 0.0879. The predicted molar refractivity (Wildman–Crippen MR) is 622 cm³/mol. The van der Waals surface area contributed by atoms with Crippen molar-refractivity contribution < 1.29 is 14.4 Å². The topological polar surface area (TPSA) is 70.8 Å². The van der Waals surface area contributed by atoms with Gasteiger partial charge in [-0.15, -0.1) is 0 Å². The summed E-state index contributed by atoms with van der Waals surface area (Å²) in [5, 5.41) is 5.04. The van der Waals surface area contributed by atoms with Crippen LogP contribution < -0.4 is 14.7 Å². The van der Waals surface area contributed by atoms with E-state index < -0.39 is 0 Å². The molecule has 0 saturated carbocycles. The first kappa shape index (κ1) is 98.8. The number of aromatic nitrogens is 2. The van der Waals surface area contributed by atoms with Crippen LogP contribution in [0.3, 0.4) is 0 Å². The summed E-state index contributed by atoms with van der Waals surface area (Å²) in [7, 11) is 6.31. The minimum Gasteiger partial charge on any atom is -0.345 e. The van der Waals surface area contributed by atoms with Crippen LogP contribution in [0.5, 0.6) is 0 Å². The Bertz CT molecular complexity index is 7850. The van der Waals surface area contributed by atoms with Gasteiger partial charge in [0.1, 0.15) is 0 Å². The molecule has 0 fully saturated rings. The van der Waals surface area contributed by atoms with Gasteiger partial charge in [0.15, 0.2) is 17.3 Å². The van der Waals surface area contributed by atoms with Gasteiger partial charge in [-0.1, -0.05) is 393 Å². The van der Waals surface area contributed by atoms with Gasteiger partial charge in [-0.2, -0.15) is 0 Å². The van der Waals surface area contributed by atoms with Crippen molar-refractivity contribution in [3.05, 3.63) is 578 Å². The zero-order valence-electron chi connectivity index (χ0n) is 84.5. The highest BCUT2D eigenvalue weighted by Gasteiger charge is 2.21. The third-order valence-corrected chi connectivity index (χ3v) is 26.9. The van der Waals surface area contributed by atoms with Crippen LogP contribution in [0.1, 0.15) is 79.7 Å². The molecule has 2 heterocycles. The Labute approximate surface area is 864 Å². The third kappa shape index (κ3) is 24.0. The standard InChI is InChI=1S/C49H35N3.2C20H16O.C15H17N.C14H12.C13H13N.C8H8O/c1-50(38-22-26-40(27-23-38)51-46-18-10-8-16-42(46)44-30-20-36(32-48(44)51)34-12-4-2-5-13-34)39-24-28-41(29-25-39)52-47-19-11-9-17-43(47)45-31-21-37(33-49(45)52)35-14-6-3-7-15-35;2*1-15(21)18-12-19(16-8-4-2-5-9-16)14-20(13-18)17-10-6-3-7-11-17;1-12-4-8-14(9-5-12)16(3)15-10-6-13(2)7-11-15;1-10-6-7-14-12(8-10)9-11-4-2-3-5-13(11)14;1-14(12-8-4-2-5-9-12)13-10-6-3-7-11-13;1-7(9)8-5-3-2-4-6-8/h2-33H,1H3;2*2-14H,1H3;4-11H,1-3H3;2-8H,9H2,1H3;2-11H,1H3;2-6H,1H3. The molecule has 24 rings (SSSR count). The molecule has 0 spiro atoms. The maximum absolute atomic E-state index is 11.8. The van der Waals surface area contributed by atoms with Gasteiger partial charge in [0, 0.05) is 105 Å². The molecule has 8 nitrogen and oxygen atoms in total. The van der Waals surface area contributed by atoms with E-state index in [1.807, 2.05) is 140 Å². The molecule has 0 radical (unpaired) electrons. The van der Waals surface area contributed by atoms with E-state index >= 15 is 0 Å². The van der Waals surface area contributed by atoms with E-state index in [0.717, 1.165) is 90.4 Å². The van der Waals surface area contributed by atoms with Crippen LogP contribution >= 0.6 is 0 Å². The second-order valence-electron chi connectivity index (χ2n) is 37.0. The Kier molecular flexibility index (Phi) is 31.6. The van der Waals surface area contributed by atoms with E-state index in [2.05, 4.69) is 460 Å². The number of carbonyl (C=O) groups excluding carboxylic acids is 3. The molecule has 2 aromatic heterocycles. The van der Waals surface area contributed by atoms with Crippen LogP contribution in [0.15, 0.2) is 534 Å². The second-order valence-corrected chi connectivity index (χ2v) is 37.0. The average molecular weight is 1910 g/mol. The molecular weight excluding hydrogens is 1790 g/mol.